The average molecular weight is 292 g/mol. The second-order valence-corrected chi connectivity index (χ2v) is 5.15. The molecule has 1 saturated heterocycles. The fraction of sp³-hybridized carbons (Fsp3) is 0.429. The van der Waals surface area contributed by atoms with E-state index in [0.717, 1.165) is 5.56 Å². The lowest BCUT2D eigenvalue weighted by Gasteiger charge is -2.19. The van der Waals surface area contributed by atoms with Gasteiger partial charge in [-0.05, 0) is 24.6 Å². The molecule has 6 N–H and O–H groups in total. The summed E-state index contributed by atoms with van der Waals surface area (Å²) in [5.74, 6) is -0.407. The first-order valence-corrected chi connectivity index (χ1v) is 6.77. The number of nitrogens with one attached hydrogen (secondary N) is 2. The summed E-state index contributed by atoms with van der Waals surface area (Å²) in [6, 6.07) is 6.08. The third-order valence-electron chi connectivity index (χ3n) is 3.50. The zero-order chi connectivity index (χ0) is 15.4. The van der Waals surface area contributed by atoms with E-state index in [1.165, 1.54) is 0 Å². The van der Waals surface area contributed by atoms with E-state index in [4.69, 9.17) is 16.2 Å². The van der Waals surface area contributed by atoms with Crippen LogP contribution in [-0.2, 0) is 9.53 Å². The van der Waals surface area contributed by atoms with Gasteiger partial charge in [-0.1, -0.05) is 12.1 Å². The first-order chi connectivity index (χ1) is 9.97. The van der Waals surface area contributed by atoms with Gasteiger partial charge in [0.25, 0.3) is 0 Å². The molecule has 1 aromatic carbocycles. The minimum absolute atomic E-state index is 0.105. The standard InChI is InChI=1S/C14H20N4O3/c1-8(17-13(19)11-6-21-7-12(11)15)9-2-4-10(5-3-9)18-14(16)20/h2-5,8,11-12H,6-7,15H2,1H3,(H,17,19)(H3,16,18,20). The minimum atomic E-state index is -0.612. The maximum Gasteiger partial charge on any atom is 0.316 e. The van der Waals surface area contributed by atoms with E-state index in [9.17, 15) is 9.59 Å². The van der Waals surface area contributed by atoms with Gasteiger partial charge in [0.05, 0.1) is 25.2 Å². The van der Waals surface area contributed by atoms with Crippen LogP contribution in [0.4, 0.5) is 10.5 Å². The molecule has 1 heterocycles. The predicted molar refractivity (Wildman–Crippen MR) is 78.5 cm³/mol. The molecule has 7 heteroatoms. The molecule has 0 radical (unpaired) electrons. The van der Waals surface area contributed by atoms with Crippen LogP contribution < -0.4 is 22.1 Å². The summed E-state index contributed by atoms with van der Waals surface area (Å²) in [5.41, 5.74) is 12.4. The second kappa shape index (κ2) is 6.55. The molecular formula is C14H20N4O3. The van der Waals surface area contributed by atoms with Crippen LogP contribution in [0.15, 0.2) is 24.3 Å². The second-order valence-electron chi connectivity index (χ2n) is 5.15. The molecule has 0 spiro atoms. The normalized spacial score (nSPS) is 22.6. The molecule has 0 bridgehead atoms. The first kappa shape index (κ1) is 15.3. The monoisotopic (exact) mass is 292 g/mol. The number of rotatable bonds is 4. The van der Waals surface area contributed by atoms with Gasteiger partial charge in [-0.3, -0.25) is 4.79 Å². The number of hydrogen-bond donors (Lipinski definition) is 4. The summed E-state index contributed by atoms with van der Waals surface area (Å²) in [4.78, 5) is 22.8. The number of benzene rings is 1. The number of hydrogen-bond acceptors (Lipinski definition) is 4. The Morgan fingerprint density at radius 3 is 2.48 bits per heavy atom. The highest BCUT2D eigenvalue weighted by Crippen LogP contribution is 2.18. The molecule has 3 unspecified atom stereocenters. The molecule has 7 nitrogen and oxygen atoms in total. The van der Waals surface area contributed by atoms with Crippen molar-refractivity contribution in [3.63, 3.8) is 0 Å². The number of ether oxygens (including phenoxy) is 1. The SMILES string of the molecule is CC(NC(=O)C1COCC1N)c1ccc(NC(N)=O)cc1. The Bertz CT molecular complexity index is 517. The highest BCUT2D eigenvalue weighted by atomic mass is 16.5. The molecular weight excluding hydrogens is 272 g/mol. The van der Waals surface area contributed by atoms with Gasteiger partial charge >= 0.3 is 6.03 Å². The lowest BCUT2D eigenvalue weighted by Crippen LogP contribution is -2.41. The number of anilines is 1. The quantitative estimate of drug-likeness (QED) is 0.639. The van der Waals surface area contributed by atoms with Crippen molar-refractivity contribution in [3.05, 3.63) is 29.8 Å². The predicted octanol–water partition coefficient (Wildman–Crippen LogP) is 0.328. The van der Waals surface area contributed by atoms with Crippen LogP contribution in [0.3, 0.4) is 0 Å². The number of amides is 3. The van der Waals surface area contributed by atoms with Crippen molar-refractivity contribution in [1.82, 2.24) is 5.32 Å². The Kier molecular flexibility index (Phi) is 4.77. The molecule has 0 aromatic heterocycles. The largest absolute Gasteiger partial charge is 0.379 e. The van der Waals surface area contributed by atoms with Crippen molar-refractivity contribution in [3.8, 4) is 0 Å². The molecule has 2 rings (SSSR count). The van der Waals surface area contributed by atoms with E-state index in [2.05, 4.69) is 10.6 Å². The summed E-state index contributed by atoms with van der Waals surface area (Å²) in [6.45, 7) is 2.66. The average Bonchev–Trinajstić information content (AvgIpc) is 2.85. The van der Waals surface area contributed by atoms with Crippen molar-refractivity contribution in [1.29, 1.82) is 0 Å². The van der Waals surface area contributed by atoms with Crippen LogP contribution in [0.2, 0.25) is 0 Å². The number of carbonyl (C=O) groups excluding carboxylic acids is 2. The lowest BCUT2D eigenvalue weighted by atomic mass is 10.0. The maximum atomic E-state index is 12.1. The lowest BCUT2D eigenvalue weighted by molar-refractivity contribution is -0.125. The summed E-state index contributed by atoms with van der Waals surface area (Å²) >= 11 is 0. The molecule has 3 atom stereocenters. The Morgan fingerprint density at radius 1 is 1.29 bits per heavy atom. The summed E-state index contributed by atoms with van der Waals surface area (Å²) in [5, 5.41) is 5.40. The van der Waals surface area contributed by atoms with E-state index in [1.54, 1.807) is 12.1 Å². The smallest absolute Gasteiger partial charge is 0.316 e. The number of nitrogens with two attached hydrogens (primary N) is 2. The van der Waals surface area contributed by atoms with E-state index >= 15 is 0 Å². The summed E-state index contributed by atoms with van der Waals surface area (Å²) in [6.07, 6.45) is 0. The Labute approximate surface area is 123 Å². The van der Waals surface area contributed by atoms with Crippen LogP contribution in [0, 0.1) is 5.92 Å². The molecule has 3 amide bonds. The Hall–Kier alpha value is -2.12. The van der Waals surface area contributed by atoms with Gasteiger partial charge in [0.15, 0.2) is 0 Å². The van der Waals surface area contributed by atoms with Crippen LogP contribution in [0.5, 0.6) is 0 Å². The van der Waals surface area contributed by atoms with Gasteiger partial charge in [-0.2, -0.15) is 0 Å². The van der Waals surface area contributed by atoms with Crippen molar-refractivity contribution in [2.45, 2.75) is 19.0 Å². The number of urea groups is 1. The third kappa shape index (κ3) is 3.93. The van der Waals surface area contributed by atoms with Crippen molar-refractivity contribution < 1.29 is 14.3 Å². The topological polar surface area (TPSA) is 119 Å². The summed E-state index contributed by atoms with van der Waals surface area (Å²) in [7, 11) is 0. The van der Waals surface area contributed by atoms with Crippen LogP contribution in [0.25, 0.3) is 0 Å². The van der Waals surface area contributed by atoms with E-state index in [-0.39, 0.29) is 23.9 Å². The van der Waals surface area contributed by atoms with Gasteiger partial charge in [0, 0.05) is 11.7 Å². The van der Waals surface area contributed by atoms with Gasteiger partial charge in [0.2, 0.25) is 5.91 Å². The minimum Gasteiger partial charge on any atom is -0.379 e. The molecule has 0 saturated carbocycles. The fourth-order valence-electron chi connectivity index (χ4n) is 2.24. The molecule has 114 valence electrons. The zero-order valence-corrected chi connectivity index (χ0v) is 11.8. The number of carbonyl (C=O) groups is 2. The van der Waals surface area contributed by atoms with Gasteiger partial charge in [-0.15, -0.1) is 0 Å². The molecule has 0 aliphatic carbocycles. The highest BCUT2D eigenvalue weighted by Gasteiger charge is 2.31. The van der Waals surface area contributed by atoms with Crippen LogP contribution in [0.1, 0.15) is 18.5 Å². The third-order valence-corrected chi connectivity index (χ3v) is 3.50. The fourth-order valence-corrected chi connectivity index (χ4v) is 2.24. The van der Waals surface area contributed by atoms with E-state index < -0.39 is 6.03 Å². The molecule has 21 heavy (non-hydrogen) atoms. The van der Waals surface area contributed by atoms with Gasteiger partial charge < -0.3 is 26.8 Å². The molecule has 1 aromatic rings. The zero-order valence-electron chi connectivity index (χ0n) is 11.8. The highest BCUT2D eigenvalue weighted by molar-refractivity contribution is 5.87. The van der Waals surface area contributed by atoms with E-state index in [1.807, 2.05) is 19.1 Å². The van der Waals surface area contributed by atoms with Crippen LogP contribution in [-0.4, -0.2) is 31.2 Å². The van der Waals surface area contributed by atoms with Crippen molar-refractivity contribution in [2.24, 2.45) is 17.4 Å². The first-order valence-electron chi connectivity index (χ1n) is 6.77. The molecule has 1 aliphatic rings. The number of primary amides is 1. The van der Waals surface area contributed by atoms with E-state index in [0.29, 0.717) is 18.9 Å². The van der Waals surface area contributed by atoms with Crippen molar-refractivity contribution in [2.75, 3.05) is 18.5 Å². The molecule has 1 aliphatic heterocycles. The Balaban J connectivity index is 1.95. The summed E-state index contributed by atoms with van der Waals surface area (Å²) < 4.78 is 5.19. The van der Waals surface area contributed by atoms with Crippen LogP contribution >= 0.6 is 0 Å². The van der Waals surface area contributed by atoms with Gasteiger partial charge in [0.1, 0.15) is 0 Å². The molecule has 1 fully saturated rings. The van der Waals surface area contributed by atoms with Gasteiger partial charge in [-0.25, -0.2) is 4.79 Å². The maximum absolute atomic E-state index is 12.1. The van der Waals surface area contributed by atoms with Crippen molar-refractivity contribution >= 4 is 17.6 Å². The Morgan fingerprint density at radius 2 is 1.95 bits per heavy atom.